The Hall–Kier alpha value is -1.06. The van der Waals surface area contributed by atoms with Crippen molar-refractivity contribution in [2.24, 2.45) is 5.73 Å². The fourth-order valence-electron chi connectivity index (χ4n) is 1.29. The molecule has 88 valence electrons. The van der Waals surface area contributed by atoms with Gasteiger partial charge in [-0.1, -0.05) is 23.7 Å². The fraction of sp³-hybridized carbons (Fsp3) is 0.417. The van der Waals surface area contributed by atoms with Crippen molar-refractivity contribution in [2.75, 3.05) is 7.05 Å². The molecule has 1 aromatic carbocycles. The highest BCUT2D eigenvalue weighted by Crippen LogP contribution is 2.19. The standard InChI is InChI=1S/C12H18ClN3/c1-8(2)16(3)7-10-5-4-9(12(14)15)6-11(10)13/h4-6,8H,7H2,1-3H3,(H3,14,15). The first kappa shape index (κ1) is 13.0. The van der Waals surface area contributed by atoms with Gasteiger partial charge in [-0.05, 0) is 32.5 Å². The van der Waals surface area contributed by atoms with E-state index in [-0.39, 0.29) is 5.84 Å². The number of nitrogen functional groups attached to an aromatic ring is 1. The Morgan fingerprint density at radius 2 is 2.12 bits per heavy atom. The van der Waals surface area contributed by atoms with Crippen LogP contribution in [0.5, 0.6) is 0 Å². The molecular formula is C12H18ClN3. The van der Waals surface area contributed by atoms with Gasteiger partial charge in [-0.25, -0.2) is 0 Å². The zero-order valence-electron chi connectivity index (χ0n) is 9.92. The van der Waals surface area contributed by atoms with Gasteiger partial charge in [0, 0.05) is 23.2 Å². The first-order chi connectivity index (χ1) is 7.41. The maximum absolute atomic E-state index is 7.32. The Morgan fingerprint density at radius 1 is 1.50 bits per heavy atom. The molecular weight excluding hydrogens is 222 g/mol. The van der Waals surface area contributed by atoms with E-state index in [0.29, 0.717) is 16.6 Å². The van der Waals surface area contributed by atoms with E-state index in [1.165, 1.54) is 0 Å². The fourth-order valence-corrected chi connectivity index (χ4v) is 1.53. The zero-order valence-corrected chi connectivity index (χ0v) is 10.7. The highest BCUT2D eigenvalue weighted by atomic mass is 35.5. The normalized spacial score (nSPS) is 11.1. The van der Waals surface area contributed by atoms with Crippen LogP contribution in [0.2, 0.25) is 5.02 Å². The van der Waals surface area contributed by atoms with E-state index in [4.69, 9.17) is 22.7 Å². The highest BCUT2D eigenvalue weighted by Gasteiger charge is 2.08. The van der Waals surface area contributed by atoms with Crippen LogP contribution in [-0.2, 0) is 6.54 Å². The van der Waals surface area contributed by atoms with Gasteiger partial charge in [0.25, 0.3) is 0 Å². The molecule has 1 rings (SSSR count). The number of nitrogens with two attached hydrogens (primary N) is 1. The molecule has 0 aromatic heterocycles. The summed E-state index contributed by atoms with van der Waals surface area (Å²) >= 11 is 6.14. The van der Waals surface area contributed by atoms with Crippen LogP contribution < -0.4 is 5.73 Å². The van der Waals surface area contributed by atoms with Crippen LogP contribution >= 0.6 is 11.6 Å². The van der Waals surface area contributed by atoms with E-state index in [0.717, 1.165) is 12.1 Å². The summed E-state index contributed by atoms with van der Waals surface area (Å²) in [6, 6.07) is 5.98. The molecule has 1 aromatic rings. The van der Waals surface area contributed by atoms with Gasteiger partial charge in [-0.2, -0.15) is 0 Å². The lowest BCUT2D eigenvalue weighted by atomic mass is 10.1. The summed E-state index contributed by atoms with van der Waals surface area (Å²) in [5.74, 6) is 0.0469. The smallest absolute Gasteiger partial charge is 0.122 e. The summed E-state index contributed by atoms with van der Waals surface area (Å²) in [5, 5.41) is 7.99. The molecule has 0 aliphatic carbocycles. The van der Waals surface area contributed by atoms with E-state index in [9.17, 15) is 0 Å². The zero-order chi connectivity index (χ0) is 12.3. The first-order valence-corrected chi connectivity index (χ1v) is 5.62. The Balaban J connectivity index is 2.87. The third-order valence-electron chi connectivity index (χ3n) is 2.67. The van der Waals surface area contributed by atoms with Gasteiger partial charge >= 0.3 is 0 Å². The number of hydrogen-bond acceptors (Lipinski definition) is 2. The lowest BCUT2D eigenvalue weighted by Crippen LogP contribution is -2.25. The maximum atomic E-state index is 7.32. The van der Waals surface area contributed by atoms with Crippen LogP contribution in [0.1, 0.15) is 25.0 Å². The number of hydrogen-bond donors (Lipinski definition) is 2. The van der Waals surface area contributed by atoms with E-state index in [1.54, 1.807) is 6.07 Å². The summed E-state index contributed by atoms with van der Waals surface area (Å²) in [5.41, 5.74) is 7.12. The van der Waals surface area contributed by atoms with Crippen LogP contribution in [0.4, 0.5) is 0 Å². The average Bonchev–Trinajstić information content (AvgIpc) is 2.20. The van der Waals surface area contributed by atoms with E-state index < -0.39 is 0 Å². The number of amidine groups is 1. The molecule has 4 heteroatoms. The third kappa shape index (κ3) is 3.22. The van der Waals surface area contributed by atoms with Crippen molar-refractivity contribution in [2.45, 2.75) is 26.4 Å². The Morgan fingerprint density at radius 3 is 2.56 bits per heavy atom. The van der Waals surface area contributed by atoms with Crippen LogP contribution in [0.15, 0.2) is 18.2 Å². The highest BCUT2D eigenvalue weighted by molar-refractivity contribution is 6.31. The molecule has 0 radical (unpaired) electrons. The number of nitrogens with zero attached hydrogens (tertiary/aromatic N) is 1. The van der Waals surface area contributed by atoms with Gasteiger partial charge in [0.1, 0.15) is 5.84 Å². The molecule has 16 heavy (non-hydrogen) atoms. The molecule has 3 nitrogen and oxygen atoms in total. The Labute approximate surface area is 102 Å². The average molecular weight is 240 g/mol. The predicted molar refractivity (Wildman–Crippen MR) is 69.1 cm³/mol. The molecule has 0 saturated carbocycles. The lowest BCUT2D eigenvalue weighted by molar-refractivity contribution is 0.266. The largest absolute Gasteiger partial charge is 0.384 e. The quantitative estimate of drug-likeness (QED) is 0.627. The molecule has 3 N–H and O–H groups in total. The molecule has 0 aliphatic heterocycles. The molecule has 0 aliphatic rings. The van der Waals surface area contributed by atoms with Crippen molar-refractivity contribution in [1.82, 2.24) is 4.90 Å². The van der Waals surface area contributed by atoms with E-state index in [1.807, 2.05) is 12.1 Å². The van der Waals surface area contributed by atoms with Crippen molar-refractivity contribution >= 4 is 17.4 Å². The van der Waals surface area contributed by atoms with E-state index >= 15 is 0 Å². The molecule has 0 saturated heterocycles. The van der Waals surface area contributed by atoms with Gasteiger partial charge in [0.15, 0.2) is 0 Å². The number of halogens is 1. The second-order valence-electron chi connectivity index (χ2n) is 4.23. The van der Waals surface area contributed by atoms with Gasteiger partial charge in [-0.3, -0.25) is 10.3 Å². The minimum absolute atomic E-state index is 0.0469. The summed E-state index contributed by atoms with van der Waals surface area (Å²) < 4.78 is 0. The monoisotopic (exact) mass is 239 g/mol. The molecule has 0 bridgehead atoms. The SMILES string of the molecule is CC(C)N(C)Cc1ccc(C(=N)N)cc1Cl. The van der Waals surface area contributed by atoms with Crippen molar-refractivity contribution in [1.29, 1.82) is 5.41 Å². The second-order valence-corrected chi connectivity index (χ2v) is 4.64. The number of nitrogens with one attached hydrogen (secondary N) is 1. The number of benzene rings is 1. The van der Waals surface area contributed by atoms with Crippen LogP contribution in [0.25, 0.3) is 0 Å². The van der Waals surface area contributed by atoms with Gasteiger partial charge in [0.2, 0.25) is 0 Å². The Kier molecular flexibility index (Phi) is 4.33. The molecule has 0 amide bonds. The van der Waals surface area contributed by atoms with Crippen molar-refractivity contribution < 1.29 is 0 Å². The van der Waals surface area contributed by atoms with Gasteiger partial charge in [-0.15, -0.1) is 0 Å². The van der Waals surface area contributed by atoms with Gasteiger partial charge in [0.05, 0.1) is 0 Å². The second kappa shape index (κ2) is 5.32. The van der Waals surface area contributed by atoms with E-state index in [2.05, 4.69) is 25.8 Å². The molecule has 0 heterocycles. The molecule has 0 fully saturated rings. The minimum atomic E-state index is 0.0469. The molecule has 0 atom stereocenters. The molecule has 0 unspecified atom stereocenters. The lowest BCUT2D eigenvalue weighted by Gasteiger charge is -2.21. The number of rotatable bonds is 4. The first-order valence-electron chi connectivity index (χ1n) is 5.25. The van der Waals surface area contributed by atoms with Crippen molar-refractivity contribution in [3.63, 3.8) is 0 Å². The summed E-state index contributed by atoms with van der Waals surface area (Å²) in [7, 11) is 2.06. The van der Waals surface area contributed by atoms with Crippen molar-refractivity contribution in [3.05, 3.63) is 34.3 Å². The van der Waals surface area contributed by atoms with Gasteiger partial charge < -0.3 is 5.73 Å². The summed E-state index contributed by atoms with van der Waals surface area (Å²) in [4.78, 5) is 2.20. The maximum Gasteiger partial charge on any atom is 0.122 e. The summed E-state index contributed by atoms with van der Waals surface area (Å²) in [6.07, 6.45) is 0. The third-order valence-corrected chi connectivity index (χ3v) is 3.02. The molecule has 0 spiro atoms. The van der Waals surface area contributed by atoms with Crippen LogP contribution in [0.3, 0.4) is 0 Å². The van der Waals surface area contributed by atoms with Crippen LogP contribution in [0, 0.1) is 5.41 Å². The summed E-state index contributed by atoms with van der Waals surface area (Å²) in [6.45, 7) is 5.07. The Bertz CT molecular complexity index is 388. The van der Waals surface area contributed by atoms with Crippen LogP contribution in [-0.4, -0.2) is 23.8 Å². The topological polar surface area (TPSA) is 53.1 Å². The minimum Gasteiger partial charge on any atom is -0.384 e. The predicted octanol–water partition coefficient (Wildman–Crippen LogP) is 2.46. The van der Waals surface area contributed by atoms with Crippen molar-refractivity contribution in [3.8, 4) is 0 Å².